The minimum Gasteiger partial charge on any atom is -0.484 e. The number of amides is 1. The van der Waals surface area contributed by atoms with Gasteiger partial charge in [-0.3, -0.25) is 9.69 Å². The van der Waals surface area contributed by atoms with Crippen molar-refractivity contribution in [2.75, 3.05) is 26.2 Å². The SMILES string of the molecule is CCCN1CC=C2C(C#N)C(=N)C(C#N)(C#N)[C@@H](c3ccc(OCC(N)=O)cc3)[C@H]2C1. The fraction of sp³-hybridized carbons (Fsp3) is 0.435. The fourth-order valence-corrected chi connectivity index (χ4v) is 4.67. The molecule has 1 aliphatic carbocycles. The predicted octanol–water partition coefficient (Wildman–Crippen LogP) is 2.11. The molecule has 0 aromatic heterocycles. The largest absolute Gasteiger partial charge is 0.484 e. The van der Waals surface area contributed by atoms with Crippen molar-refractivity contribution in [1.82, 2.24) is 4.90 Å². The zero-order chi connectivity index (χ0) is 22.6. The lowest BCUT2D eigenvalue weighted by Gasteiger charge is -2.47. The zero-order valence-corrected chi connectivity index (χ0v) is 17.3. The first-order chi connectivity index (χ1) is 14.9. The molecule has 2 aliphatic rings. The van der Waals surface area contributed by atoms with E-state index in [-0.39, 0.29) is 18.2 Å². The van der Waals surface area contributed by atoms with Crippen molar-refractivity contribution < 1.29 is 9.53 Å². The van der Waals surface area contributed by atoms with Crippen LogP contribution >= 0.6 is 0 Å². The Morgan fingerprint density at radius 1 is 1.29 bits per heavy atom. The number of rotatable bonds is 6. The van der Waals surface area contributed by atoms with Gasteiger partial charge in [0, 0.05) is 24.9 Å². The number of nitriles is 3. The van der Waals surface area contributed by atoms with Gasteiger partial charge < -0.3 is 15.9 Å². The average molecular weight is 416 g/mol. The third-order valence-corrected chi connectivity index (χ3v) is 6.03. The molecule has 1 aliphatic heterocycles. The maximum atomic E-state index is 11.0. The van der Waals surface area contributed by atoms with Gasteiger partial charge in [-0.15, -0.1) is 0 Å². The fourth-order valence-electron chi connectivity index (χ4n) is 4.67. The summed E-state index contributed by atoms with van der Waals surface area (Å²) in [7, 11) is 0. The average Bonchev–Trinajstić information content (AvgIpc) is 2.78. The lowest BCUT2D eigenvalue weighted by molar-refractivity contribution is -0.119. The first-order valence-corrected chi connectivity index (χ1v) is 10.2. The van der Waals surface area contributed by atoms with E-state index in [2.05, 4.69) is 30.0 Å². The molecule has 0 saturated heterocycles. The summed E-state index contributed by atoms with van der Waals surface area (Å²) in [6.07, 6.45) is 2.95. The number of hydrogen-bond donors (Lipinski definition) is 2. The van der Waals surface area contributed by atoms with Gasteiger partial charge in [-0.1, -0.05) is 25.1 Å². The number of nitrogens with one attached hydrogen (secondary N) is 1. The van der Waals surface area contributed by atoms with Crippen LogP contribution in [-0.4, -0.2) is 42.8 Å². The normalized spacial score (nSPS) is 24.6. The van der Waals surface area contributed by atoms with E-state index in [0.29, 0.717) is 24.4 Å². The topological polar surface area (TPSA) is 151 Å². The van der Waals surface area contributed by atoms with Crippen LogP contribution in [0.3, 0.4) is 0 Å². The van der Waals surface area contributed by atoms with Crippen LogP contribution in [0.4, 0.5) is 0 Å². The Morgan fingerprint density at radius 2 is 1.97 bits per heavy atom. The molecule has 3 N–H and O–H groups in total. The van der Waals surface area contributed by atoms with E-state index >= 15 is 0 Å². The Kier molecular flexibility index (Phi) is 6.39. The molecule has 1 heterocycles. The van der Waals surface area contributed by atoms with Crippen LogP contribution in [-0.2, 0) is 4.79 Å². The van der Waals surface area contributed by atoms with Gasteiger partial charge in [0.1, 0.15) is 11.7 Å². The van der Waals surface area contributed by atoms with Crippen LogP contribution in [0.2, 0.25) is 0 Å². The lowest BCUT2D eigenvalue weighted by atomic mass is 9.54. The quantitative estimate of drug-likeness (QED) is 0.678. The van der Waals surface area contributed by atoms with E-state index in [1.165, 1.54) is 0 Å². The second-order valence-electron chi connectivity index (χ2n) is 7.88. The minimum absolute atomic E-state index is 0.162. The van der Waals surface area contributed by atoms with Gasteiger partial charge in [-0.2, -0.15) is 15.8 Å². The molecule has 3 rings (SSSR count). The molecule has 158 valence electrons. The molecular formula is C23H24N6O2. The molecule has 1 aromatic carbocycles. The first-order valence-electron chi connectivity index (χ1n) is 10.2. The predicted molar refractivity (Wildman–Crippen MR) is 113 cm³/mol. The maximum absolute atomic E-state index is 11.0. The van der Waals surface area contributed by atoms with E-state index < -0.39 is 23.2 Å². The molecule has 1 fully saturated rings. The summed E-state index contributed by atoms with van der Waals surface area (Å²) >= 11 is 0. The summed E-state index contributed by atoms with van der Waals surface area (Å²) in [6, 6.07) is 13.2. The van der Waals surface area contributed by atoms with E-state index in [0.717, 1.165) is 18.5 Å². The standard InChI is InChI=1S/C23H24N6O2/c1-2-8-29-9-7-17-18(10-24)22(28)23(13-25,14-26)21(19(17)11-29)15-3-5-16(6-4-15)31-12-20(27)30/h3-7,18-19,21,28H,2,8-9,11-12H2,1H3,(H2,27,30)/t18?,19-,21-/m0/s1. The Balaban J connectivity index is 2.09. The molecule has 0 bridgehead atoms. The summed E-state index contributed by atoms with van der Waals surface area (Å²) < 4.78 is 5.32. The van der Waals surface area contributed by atoms with Gasteiger partial charge in [0.2, 0.25) is 0 Å². The van der Waals surface area contributed by atoms with E-state index in [4.69, 9.17) is 15.9 Å². The molecule has 1 amide bonds. The highest BCUT2D eigenvalue weighted by Crippen LogP contribution is 2.53. The number of benzene rings is 1. The van der Waals surface area contributed by atoms with Gasteiger partial charge in [0.15, 0.2) is 12.0 Å². The number of ether oxygens (including phenoxy) is 1. The molecule has 1 unspecified atom stereocenters. The van der Waals surface area contributed by atoms with Crippen molar-refractivity contribution >= 4 is 11.6 Å². The van der Waals surface area contributed by atoms with Gasteiger partial charge in [-0.05, 0) is 36.2 Å². The van der Waals surface area contributed by atoms with Crippen LogP contribution in [0, 0.1) is 56.7 Å². The lowest BCUT2D eigenvalue weighted by Crippen LogP contribution is -2.52. The van der Waals surface area contributed by atoms with Crippen molar-refractivity contribution in [3.05, 3.63) is 41.5 Å². The van der Waals surface area contributed by atoms with Crippen molar-refractivity contribution in [2.45, 2.75) is 19.3 Å². The summed E-state index contributed by atoms with van der Waals surface area (Å²) in [5, 5.41) is 38.6. The third-order valence-electron chi connectivity index (χ3n) is 6.03. The summed E-state index contributed by atoms with van der Waals surface area (Å²) in [6.45, 7) is 4.00. The highest BCUT2D eigenvalue weighted by Gasteiger charge is 2.57. The minimum atomic E-state index is -1.74. The summed E-state index contributed by atoms with van der Waals surface area (Å²) in [4.78, 5) is 13.2. The van der Waals surface area contributed by atoms with Gasteiger partial charge in [0.25, 0.3) is 5.91 Å². The first kappa shape index (κ1) is 22.0. The van der Waals surface area contributed by atoms with Crippen molar-refractivity contribution in [3.63, 3.8) is 0 Å². The number of fused-ring (bicyclic) bond motifs is 1. The van der Waals surface area contributed by atoms with Crippen LogP contribution in [0.25, 0.3) is 0 Å². The Labute approximate surface area is 181 Å². The molecule has 1 aromatic rings. The zero-order valence-electron chi connectivity index (χ0n) is 17.3. The van der Waals surface area contributed by atoms with Crippen molar-refractivity contribution in [2.24, 2.45) is 23.0 Å². The van der Waals surface area contributed by atoms with Crippen LogP contribution in [0.1, 0.15) is 24.8 Å². The molecule has 8 heteroatoms. The molecule has 8 nitrogen and oxygen atoms in total. The van der Waals surface area contributed by atoms with Gasteiger partial charge in [0.05, 0.1) is 23.9 Å². The third kappa shape index (κ3) is 3.89. The van der Waals surface area contributed by atoms with Crippen LogP contribution < -0.4 is 10.5 Å². The monoisotopic (exact) mass is 416 g/mol. The number of nitrogens with two attached hydrogens (primary N) is 1. The number of carbonyl (C=O) groups excluding carboxylic acids is 1. The summed E-state index contributed by atoms with van der Waals surface area (Å²) in [5.74, 6) is -1.86. The second kappa shape index (κ2) is 9.00. The summed E-state index contributed by atoms with van der Waals surface area (Å²) in [5.41, 5.74) is 4.74. The number of carbonyl (C=O) groups is 1. The maximum Gasteiger partial charge on any atom is 0.255 e. The Hall–Kier alpha value is -3.67. The van der Waals surface area contributed by atoms with Crippen LogP contribution in [0.5, 0.6) is 5.75 Å². The van der Waals surface area contributed by atoms with E-state index in [9.17, 15) is 20.6 Å². The smallest absolute Gasteiger partial charge is 0.255 e. The number of nitrogens with zero attached hydrogens (tertiary/aromatic N) is 4. The molecular weight excluding hydrogens is 392 g/mol. The van der Waals surface area contributed by atoms with Crippen LogP contribution in [0.15, 0.2) is 35.9 Å². The van der Waals surface area contributed by atoms with Crippen molar-refractivity contribution in [1.29, 1.82) is 21.2 Å². The highest BCUT2D eigenvalue weighted by atomic mass is 16.5. The molecule has 0 radical (unpaired) electrons. The molecule has 0 spiro atoms. The highest BCUT2D eigenvalue weighted by molar-refractivity contribution is 6.00. The Morgan fingerprint density at radius 3 is 2.52 bits per heavy atom. The van der Waals surface area contributed by atoms with E-state index in [1.807, 2.05) is 6.08 Å². The van der Waals surface area contributed by atoms with E-state index in [1.54, 1.807) is 24.3 Å². The Bertz CT molecular complexity index is 1010. The molecule has 31 heavy (non-hydrogen) atoms. The second-order valence-corrected chi connectivity index (χ2v) is 7.88. The van der Waals surface area contributed by atoms with Gasteiger partial charge in [-0.25, -0.2) is 0 Å². The van der Waals surface area contributed by atoms with Gasteiger partial charge >= 0.3 is 0 Å². The number of primary amides is 1. The molecule has 3 atom stereocenters. The van der Waals surface area contributed by atoms with Crippen molar-refractivity contribution in [3.8, 4) is 24.0 Å². The number of hydrogen-bond acceptors (Lipinski definition) is 7. The molecule has 1 saturated carbocycles.